The van der Waals surface area contributed by atoms with E-state index in [0.717, 1.165) is 0 Å². The van der Waals surface area contributed by atoms with Crippen LogP contribution >= 0.6 is 0 Å². The minimum absolute atomic E-state index is 0.0415. The summed E-state index contributed by atoms with van der Waals surface area (Å²) >= 11 is 0. The van der Waals surface area contributed by atoms with Crippen molar-refractivity contribution in [3.63, 3.8) is 0 Å². The summed E-state index contributed by atoms with van der Waals surface area (Å²) in [5, 5.41) is 9.39. The summed E-state index contributed by atoms with van der Waals surface area (Å²) < 4.78 is 17.9. The molecule has 13 heavy (non-hydrogen) atoms. The Hall–Kier alpha value is -1.13. The molecule has 3 nitrogen and oxygen atoms in total. The lowest BCUT2D eigenvalue weighted by atomic mass is 10.1. The lowest BCUT2D eigenvalue weighted by Crippen LogP contribution is -2.13. The molecular formula is C9H12FNO2. The summed E-state index contributed by atoms with van der Waals surface area (Å²) in [6.45, 7) is 0.0415. The van der Waals surface area contributed by atoms with Crippen LogP contribution in [0.5, 0.6) is 5.75 Å². The highest BCUT2D eigenvalue weighted by Gasteiger charge is 2.14. The van der Waals surface area contributed by atoms with Gasteiger partial charge >= 0.3 is 0 Å². The normalized spacial score (nSPS) is 12.6. The highest BCUT2D eigenvalue weighted by Crippen LogP contribution is 2.27. The van der Waals surface area contributed by atoms with Crippen molar-refractivity contribution in [3.05, 3.63) is 29.6 Å². The smallest absolute Gasteiger partial charge is 0.165 e. The van der Waals surface area contributed by atoms with Crippen LogP contribution in [0.2, 0.25) is 0 Å². The third-order valence-electron chi connectivity index (χ3n) is 1.78. The van der Waals surface area contributed by atoms with E-state index in [1.165, 1.54) is 19.2 Å². The zero-order valence-electron chi connectivity index (χ0n) is 7.33. The Morgan fingerprint density at radius 2 is 2.31 bits per heavy atom. The molecule has 0 heterocycles. The summed E-state index contributed by atoms with van der Waals surface area (Å²) in [5.41, 5.74) is 5.63. The van der Waals surface area contributed by atoms with Gasteiger partial charge in [0.25, 0.3) is 0 Å². The topological polar surface area (TPSA) is 55.5 Å². The van der Waals surface area contributed by atoms with Gasteiger partial charge in [0.15, 0.2) is 11.6 Å². The minimum atomic E-state index is -0.884. The van der Waals surface area contributed by atoms with Gasteiger partial charge in [0, 0.05) is 12.1 Å². The second kappa shape index (κ2) is 4.20. The predicted molar refractivity (Wildman–Crippen MR) is 47.0 cm³/mol. The highest BCUT2D eigenvalue weighted by molar-refractivity contribution is 5.36. The lowest BCUT2D eigenvalue weighted by molar-refractivity contribution is 0.181. The van der Waals surface area contributed by atoms with Gasteiger partial charge in [-0.25, -0.2) is 4.39 Å². The molecule has 0 spiro atoms. The van der Waals surface area contributed by atoms with Crippen LogP contribution in [0.4, 0.5) is 4.39 Å². The monoisotopic (exact) mass is 185 g/mol. The third kappa shape index (κ3) is 1.96. The minimum Gasteiger partial charge on any atom is -0.493 e. The molecule has 1 unspecified atom stereocenters. The molecule has 0 fully saturated rings. The van der Waals surface area contributed by atoms with Gasteiger partial charge in [0.1, 0.15) is 0 Å². The summed E-state index contributed by atoms with van der Waals surface area (Å²) in [7, 11) is 1.35. The van der Waals surface area contributed by atoms with Gasteiger partial charge in [-0.3, -0.25) is 0 Å². The molecule has 0 aliphatic carbocycles. The molecule has 0 aliphatic rings. The van der Waals surface area contributed by atoms with E-state index >= 15 is 0 Å². The number of aliphatic hydroxyl groups is 1. The van der Waals surface area contributed by atoms with Crippen molar-refractivity contribution in [2.24, 2.45) is 5.73 Å². The van der Waals surface area contributed by atoms with Crippen LogP contribution in [-0.4, -0.2) is 18.8 Å². The number of para-hydroxylation sites is 1. The Kier molecular flexibility index (Phi) is 3.22. The van der Waals surface area contributed by atoms with Gasteiger partial charge in [-0.1, -0.05) is 12.1 Å². The first-order valence-corrected chi connectivity index (χ1v) is 3.91. The van der Waals surface area contributed by atoms with Crippen molar-refractivity contribution in [2.45, 2.75) is 6.10 Å². The molecule has 0 aromatic heterocycles. The Labute approximate surface area is 75.9 Å². The quantitative estimate of drug-likeness (QED) is 0.733. The first-order chi connectivity index (χ1) is 6.20. The molecule has 0 amide bonds. The number of hydrogen-bond acceptors (Lipinski definition) is 3. The predicted octanol–water partition coefficient (Wildman–Crippen LogP) is 0.826. The SMILES string of the molecule is COc1c(F)cccc1C(O)CN. The number of methoxy groups -OCH3 is 1. The molecule has 4 heteroatoms. The molecule has 1 rings (SSSR count). The first kappa shape index (κ1) is 9.95. The van der Waals surface area contributed by atoms with Crippen LogP contribution in [0.15, 0.2) is 18.2 Å². The van der Waals surface area contributed by atoms with Gasteiger partial charge in [0.2, 0.25) is 0 Å². The van der Waals surface area contributed by atoms with Gasteiger partial charge in [-0.05, 0) is 6.07 Å². The van der Waals surface area contributed by atoms with E-state index in [1.807, 2.05) is 0 Å². The number of hydrogen-bond donors (Lipinski definition) is 2. The maximum absolute atomic E-state index is 13.1. The molecule has 0 radical (unpaired) electrons. The maximum Gasteiger partial charge on any atom is 0.165 e. The van der Waals surface area contributed by atoms with Crippen molar-refractivity contribution in [1.82, 2.24) is 0 Å². The molecule has 72 valence electrons. The summed E-state index contributed by atoms with van der Waals surface area (Å²) in [6.07, 6.45) is -0.884. The molecule has 0 saturated carbocycles. The number of aliphatic hydroxyl groups excluding tert-OH is 1. The Morgan fingerprint density at radius 1 is 1.62 bits per heavy atom. The lowest BCUT2D eigenvalue weighted by Gasteiger charge is -2.12. The fraction of sp³-hybridized carbons (Fsp3) is 0.333. The van der Waals surface area contributed by atoms with Crippen LogP contribution in [0.3, 0.4) is 0 Å². The van der Waals surface area contributed by atoms with E-state index in [1.54, 1.807) is 6.07 Å². The van der Waals surface area contributed by atoms with E-state index in [9.17, 15) is 9.50 Å². The van der Waals surface area contributed by atoms with Crippen molar-refractivity contribution >= 4 is 0 Å². The number of benzene rings is 1. The number of ether oxygens (including phenoxy) is 1. The van der Waals surface area contributed by atoms with E-state index in [4.69, 9.17) is 10.5 Å². The van der Waals surface area contributed by atoms with E-state index < -0.39 is 11.9 Å². The summed E-state index contributed by atoms with van der Waals surface area (Å²) in [6, 6.07) is 4.36. The average Bonchev–Trinajstić information content (AvgIpc) is 2.16. The zero-order chi connectivity index (χ0) is 9.84. The maximum atomic E-state index is 13.1. The molecule has 0 saturated heterocycles. The first-order valence-electron chi connectivity index (χ1n) is 3.91. The second-order valence-electron chi connectivity index (χ2n) is 2.61. The highest BCUT2D eigenvalue weighted by atomic mass is 19.1. The van der Waals surface area contributed by atoms with Crippen LogP contribution in [0.1, 0.15) is 11.7 Å². The van der Waals surface area contributed by atoms with Crippen molar-refractivity contribution in [1.29, 1.82) is 0 Å². The average molecular weight is 185 g/mol. The molecule has 1 atom stereocenters. The molecule has 3 N–H and O–H groups in total. The standard InChI is InChI=1S/C9H12FNO2/c1-13-9-6(8(12)5-11)3-2-4-7(9)10/h2-4,8,12H,5,11H2,1H3. The second-order valence-corrected chi connectivity index (χ2v) is 2.61. The van der Waals surface area contributed by atoms with Crippen LogP contribution in [0.25, 0.3) is 0 Å². The van der Waals surface area contributed by atoms with Crippen LogP contribution < -0.4 is 10.5 Å². The Bertz CT molecular complexity index is 291. The molecule has 0 bridgehead atoms. The number of rotatable bonds is 3. The fourth-order valence-corrected chi connectivity index (χ4v) is 1.13. The molecule has 0 aliphatic heterocycles. The van der Waals surface area contributed by atoms with E-state index in [-0.39, 0.29) is 12.3 Å². The van der Waals surface area contributed by atoms with Gasteiger partial charge in [-0.2, -0.15) is 0 Å². The van der Waals surface area contributed by atoms with Gasteiger partial charge in [0.05, 0.1) is 13.2 Å². The molecule has 1 aromatic rings. The molecular weight excluding hydrogens is 173 g/mol. The molecule has 1 aromatic carbocycles. The summed E-state index contributed by atoms with van der Waals surface area (Å²) in [4.78, 5) is 0. The Morgan fingerprint density at radius 3 is 2.85 bits per heavy atom. The van der Waals surface area contributed by atoms with E-state index in [0.29, 0.717) is 5.56 Å². The number of nitrogens with two attached hydrogens (primary N) is 1. The summed E-state index contributed by atoms with van der Waals surface area (Å²) in [5.74, 6) is -0.437. The van der Waals surface area contributed by atoms with Crippen molar-refractivity contribution < 1.29 is 14.2 Å². The van der Waals surface area contributed by atoms with E-state index in [2.05, 4.69) is 0 Å². The van der Waals surface area contributed by atoms with Crippen LogP contribution in [0, 0.1) is 5.82 Å². The van der Waals surface area contributed by atoms with Gasteiger partial charge < -0.3 is 15.6 Å². The van der Waals surface area contributed by atoms with Gasteiger partial charge in [-0.15, -0.1) is 0 Å². The largest absolute Gasteiger partial charge is 0.493 e. The fourth-order valence-electron chi connectivity index (χ4n) is 1.13. The Balaban J connectivity index is 3.12. The van der Waals surface area contributed by atoms with Crippen molar-refractivity contribution in [3.8, 4) is 5.75 Å². The van der Waals surface area contributed by atoms with Crippen LogP contribution in [-0.2, 0) is 0 Å². The number of halogens is 1. The zero-order valence-corrected chi connectivity index (χ0v) is 7.33. The third-order valence-corrected chi connectivity index (χ3v) is 1.78. The van der Waals surface area contributed by atoms with Crippen molar-refractivity contribution in [2.75, 3.05) is 13.7 Å².